The molecule has 0 amide bonds. The second-order valence-electron chi connectivity index (χ2n) is 4.97. The lowest BCUT2D eigenvalue weighted by molar-refractivity contribution is 0.110. The summed E-state index contributed by atoms with van der Waals surface area (Å²) in [4.78, 5) is 0. The summed E-state index contributed by atoms with van der Waals surface area (Å²) in [5, 5.41) is 3.43. The number of halogens is 2. The molecule has 124 valence electrons. The molecule has 1 N–H and O–H groups in total. The Kier molecular flexibility index (Phi) is 8.86. The second kappa shape index (κ2) is 10.1. The van der Waals surface area contributed by atoms with E-state index in [2.05, 4.69) is 27.8 Å². The molecule has 1 fully saturated rings. The zero-order valence-corrected chi connectivity index (χ0v) is 15.2. The Bertz CT molecular complexity index is 479. The highest BCUT2D eigenvalue weighted by atomic mass is 79.9. The van der Waals surface area contributed by atoms with Crippen LogP contribution in [0.5, 0.6) is 11.5 Å². The maximum atomic E-state index is 5.62. The molecular formula is C16H23BrClNO3. The third kappa shape index (κ3) is 5.47. The maximum absolute atomic E-state index is 5.62. The minimum atomic E-state index is 0. The van der Waals surface area contributed by atoms with Crippen molar-refractivity contribution in [2.75, 3.05) is 26.9 Å². The molecule has 0 spiro atoms. The van der Waals surface area contributed by atoms with Crippen molar-refractivity contribution in [3.8, 4) is 11.5 Å². The fourth-order valence-electron chi connectivity index (χ4n) is 2.34. The van der Waals surface area contributed by atoms with Crippen molar-refractivity contribution in [1.29, 1.82) is 0 Å². The van der Waals surface area contributed by atoms with Crippen LogP contribution in [0.2, 0.25) is 0 Å². The molecule has 0 aromatic heterocycles. The first-order valence-electron chi connectivity index (χ1n) is 7.17. The fraction of sp³-hybridized carbons (Fsp3) is 0.500. The van der Waals surface area contributed by atoms with Gasteiger partial charge < -0.3 is 19.5 Å². The zero-order valence-electron chi connectivity index (χ0n) is 12.8. The quantitative estimate of drug-likeness (QED) is 0.685. The average molecular weight is 393 g/mol. The molecule has 22 heavy (non-hydrogen) atoms. The second-order valence-corrected chi connectivity index (χ2v) is 5.83. The summed E-state index contributed by atoms with van der Waals surface area (Å²) in [7, 11) is 1.64. The van der Waals surface area contributed by atoms with Crippen LogP contribution in [-0.2, 0) is 11.3 Å². The van der Waals surface area contributed by atoms with Gasteiger partial charge in [0, 0.05) is 19.7 Å². The average Bonchev–Trinajstić information content (AvgIpc) is 2.99. The van der Waals surface area contributed by atoms with Crippen LogP contribution in [0.3, 0.4) is 0 Å². The molecule has 0 bridgehead atoms. The molecule has 1 saturated heterocycles. The fourth-order valence-corrected chi connectivity index (χ4v) is 2.94. The first-order chi connectivity index (χ1) is 10.2. The number of methoxy groups -OCH3 is 1. The van der Waals surface area contributed by atoms with Crippen LogP contribution < -0.4 is 14.8 Å². The first kappa shape index (κ1) is 19.3. The lowest BCUT2D eigenvalue weighted by atomic mass is 10.2. The summed E-state index contributed by atoms with van der Waals surface area (Å²) in [5.74, 6) is 1.43. The minimum absolute atomic E-state index is 0. The highest BCUT2D eigenvalue weighted by Crippen LogP contribution is 2.36. The number of hydrogen-bond acceptors (Lipinski definition) is 4. The zero-order chi connectivity index (χ0) is 15.1. The molecule has 1 aromatic carbocycles. The number of nitrogens with one attached hydrogen (secondary N) is 1. The largest absolute Gasteiger partial charge is 0.493 e. The SMILES string of the molecule is C=CCOc1c(Br)cc(CNCC2CCCO2)cc1OC.Cl. The molecule has 0 aliphatic carbocycles. The Morgan fingerprint density at radius 3 is 2.95 bits per heavy atom. The molecule has 1 unspecified atom stereocenters. The van der Waals surface area contributed by atoms with Gasteiger partial charge in [0.1, 0.15) is 6.61 Å². The van der Waals surface area contributed by atoms with Gasteiger partial charge in [-0.2, -0.15) is 0 Å². The maximum Gasteiger partial charge on any atom is 0.175 e. The molecular weight excluding hydrogens is 370 g/mol. The van der Waals surface area contributed by atoms with E-state index in [1.165, 1.54) is 6.42 Å². The molecule has 6 heteroatoms. The Morgan fingerprint density at radius 1 is 1.50 bits per heavy atom. The van der Waals surface area contributed by atoms with Gasteiger partial charge in [0.25, 0.3) is 0 Å². The summed E-state index contributed by atoms with van der Waals surface area (Å²) in [5.41, 5.74) is 1.14. The Morgan fingerprint density at radius 2 is 2.32 bits per heavy atom. The molecule has 4 nitrogen and oxygen atoms in total. The van der Waals surface area contributed by atoms with Gasteiger partial charge in [-0.3, -0.25) is 0 Å². The van der Waals surface area contributed by atoms with Crippen molar-refractivity contribution in [3.05, 3.63) is 34.8 Å². The van der Waals surface area contributed by atoms with Gasteiger partial charge in [0.15, 0.2) is 11.5 Å². The van der Waals surface area contributed by atoms with E-state index >= 15 is 0 Å². The normalized spacial score (nSPS) is 16.9. The first-order valence-corrected chi connectivity index (χ1v) is 7.96. The van der Waals surface area contributed by atoms with Crippen molar-refractivity contribution >= 4 is 28.3 Å². The van der Waals surface area contributed by atoms with E-state index in [0.717, 1.165) is 41.9 Å². The third-order valence-corrected chi connectivity index (χ3v) is 3.95. The van der Waals surface area contributed by atoms with Crippen molar-refractivity contribution < 1.29 is 14.2 Å². The molecule has 1 aliphatic rings. The highest BCUT2D eigenvalue weighted by Gasteiger charge is 2.15. The van der Waals surface area contributed by atoms with E-state index in [0.29, 0.717) is 18.5 Å². The van der Waals surface area contributed by atoms with E-state index in [4.69, 9.17) is 14.2 Å². The topological polar surface area (TPSA) is 39.7 Å². The van der Waals surface area contributed by atoms with Crippen LogP contribution in [0.25, 0.3) is 0 Å². The van der Waals surface area contributed by atoms with Gasteiger partial charge in [0.05, 0.1) is 17.7 Å². The minimum Gasteiger partial charge on any atom is -0.493 e. The number of rotatable bonds is 8. The van der Waals surface area contributed by atoms with Gasteiger partial charge in [-0.1, -0.05) is 12.7 Å². The molecule has 1 atom stereocenters. The lowest BCUT2D eigenvalue weighted by Crippen LogP contribution is -2.25. The van der Waals surface area contributed by atoms with Crippen LogP contribution >= 0.6 is 28.3 Å². The van der Waals surface area contributed by atoms with E-state index in [9.17, 15) is 0 Å². The summed E-state index contributed by atoms with van der Waals surface area (Å²) >= 11 is 3.54. The van der Waals surface area contributed by atoms with Gasteiger partial charge in [-0.15, -0.1) is 12.4 Å². The van der Waals surface area contributed by atoms with Crippen molar-refractivity contribution in [2.24, 2.45) is 0 Å². The van der Waals surface area contributed by atoms with E-state index in [-0.39, 0.29) is 12.4 Å². The van der Waals surface area contributed by atoms with Crippen LogP contribution in [0.4, 0.5) is 0 Å². The third-order valence-electron chi connectivity index (χ3n) is 3.36. The van der Waals surface area contributed by atoms with Crippen LogP contribution in [0, 0.1) is 0 Å². The van der Waals surface area contributed by atoms with Crippen molar-refractivity contribution in [3.63, 3.8) is 0 Å². The van der Waals surface area contributed by atoms with Crippen LogP contribution in [0.15, 0.2) is 29.3 Å². The monoisotopic (exact) mass is 391 g/mol. The standard InChI is InChI=1S/C16H22BrNO3.ClH/c1-3-6-21-16-14(17)8-12(9-15(16)19-2)10-18-11-13-5-4-7-20-13;/h3,8-9,13,18H,1,4-7,10-11H2,2H3;1H. The molecule has 0 radical (unpaired) electrons. The van der Waals surface area contributed by atoms with Crippen LogP contribution in [-0.4, -0.2) is 33.0 Å². The molecule has 1 aromatic rings. The predicted molar refractivity (Wildman–Crippen MR) is 94.3 cm³/mol. The molecule has 2 rings (SSSR count). The summed E-state index contributed by atoms with van der Waals surface area (Å²) in [6.45, 7) is 6.65. The van der Waals surface area contributed by atoms with E-state index in [1.807, 2.05) is 12.1 Å². The summed E-state index contributed by atoms with van der Waals surface area (Å²) < 4.78 is 17.5. The summed E-state index contributed by atoms with van der Waals surface area (Å²) in [6.07, 6.45) is 4.38. The Hall–Kier alpha value is -0.750. The van der Waals surface area contributed by atoms with E-state index < -0.39 is 0 Å². The smallest absolute Gasteiger partial charge is 0.175 e. The van der Waals surface area contributed by atoms with Crippen molar-refractivity contribution in [2.45, 2.75) is 25.5 Å². The number of hydrogen-bond donors (Lipinski definition) is 1. The summed E-state index contributed by atoms with van der Waals surface area (Å²) in [6, 6.07) is 4.04. The van der Waals surface area contributed by atoms with E-state index in [1.54, 1.807) is 13.2 Å². The Labute approximate surface area is 146 Å². The number of ether oxygens (including phenoxy) is 3. The molecule has 1 aliphatic heterocycles. The van der Waals surface area contributed by atoms with Gasteiger partial charge in [-0.25, -0.2) is 0 Å². The predicted octanol–water partition coefficient (Wildman–Crippen LogP) is 3.71. The van der Waals surface area contributed by atoms with Gasteiger partial charge >= 0.3 is 0 Å². The lowest BCUT2D eigenvalue weighted by Gasteiger charge is -2.15. The highest BCUT2D eigenvalue weighted by molar-refractivity contribution is 9.10. The van der Waals surface area contributed by atoms with Crippen LogP contribution in [0.1, 0.15) is 18.4 Å². The van der Waals surface area contributed by atoms with Crippen molar-refractivity contribution in [1.82, 2.24) is 5.32 Å². The molecule has 1 heterocycles. The Balaban J connectivity index is 0.00000242. The number of benzene rings is 1. The van der Waals surface area contributed by atoms with Gasteiger partial charge in [0.2, 0.25) is 0 Å². The molecule has 0 saturated carbocycles. The van der Waals surface area contributed by atoms with Gasteiger partial charge in [-0.05, 0) is 46.5 Å².